The molecule has 1 heterocycles. The molecule has 0 aromatic heterocycles. The van der Waals surface area contributed by atoms with Gasteiger partial charge in [0.15, 0.2) is 0 Å². The second-order valence-corrected chi connectivity index (χ2v) is 6.25. The number of aryl methyl sites for hydroxylation is 2. The van der Waals surface area contributed by atoms with Crippen LogP contribution in [0.25, 0.3) is 0 Å². The Morgan fingerprint density at radius 2 is 1.50 bits per heavy atom. The zero-order chi connectivity index (χ0) is 16.8. The fourth-order valence-electron chi connectivity index (χ4n) is 3.40. The number of anilines is 2. The van der Waals surface area contributed by atoms with Crippen LogP contribution in [0.1, 0.15) is 36.8 Å². The number of benzene rings is 2. The average molecular weight is 324 g/mol. The number of hydroxylamine groups is 1. The first-order chi connectivity index (χ1) is 11.8. The van der Waals surface area contributed by atoms with E-state index >= 15 is 0 Å². The van der Waals surface area contributed by atoms with Crippen LogP contribution < -0.4 is 10.4 Å². The molecule has 4 heteroatoms. The maximum Gasteiger partial charge on any atom is 0.243 e. The van der Waals surface area contributed by atoms with Crippen molar-refractivity contribution in [2.24, 2.45) is 0 Å². The first-order valence-corrected chi connectivity index (χ1v) is 8.66. The van der Waals surface area contributed by atoms with Gasteiger partial charge in [0.2, 0.25) is 5.91 Å². The molecule has 2 N–H and O–H groups in total. The van der Waals surface area contributed by atoms with Gasteiger partial charge in [0.1, 0.15) is 0 Å². The monoisotopic (exact) mass is 324 g/mol. The van der Waals surface area contributed by atoms with Crippen molar-refractivity contribution < 1.29 is 10.0 Å². The summed E-state index contributed by atoms with van der Waals surface area (Å²) in [7, 11) is 0. The van der Waals surface area contributed by atoms with Gasteiger partial charge in [0, 0.05) is 24.3 Å². The molecule has 0 saturated carbocycles. The Hall–Kier alpha value is -2.33. The number of unbranched alkanes of at least 4 members (excludes halogenated alkanes) is 2. The minimum atomic E-state index is -0.305. The van der Waals surface area contributed by atoms with Gasteiger partial charge in [0.25, 0.3) is 0 Å². The predicted octanol–water partition coefficient (Wildman–Crippen LogP) is 3.99. The number of fused-ring (bicyclic) bond motifs is 2. The molecule has 1 aliphatic heterocycles. The summed E-state index contributed by atoms with van der Waals surface area (Å²) in [6.45, 7) is 0.939. The topological polar surface area (TPSA) is 52.6 Å². The summed E-state index contributed by atoms with van der Waals surface area (Å²) in [5.74, 6) is -0.305. The van der Waals surface area contributed by atoms with Crippen molar-refractivity contribution in [2.45, 2.75) is 38.5 Å². The first-order valence-electron chi connectivity index (χ1n) is 8.66. The van der Waals surface area contributed by atoms with E-state index in [-0.39, 0.29) is 5.91 Å². The van der Waals surface area contributed by atoms with Crippen LogP contribution in [0.3, 0.4) is 0 Å². The Morgan fingerprint density at radius 3 is 2.08 bits per heavy atom. The van der Waals surface area contributed by atoms with Gasteiger partial charge in [-0.05, 0) is 48.9 Å². The lowest BCUT2D eigenvalue weighted by molar-refractivity contribution is -0.129. The molecular weight excluding hydrogens is 300 g/mol. The van der Waals surface area contributed by atoms with Gasteiger partial charge >= 0.3 is 0 Å². The third kappa shape index (κ3) is 3.77. The van der Waals surface area contributed by atoms with Crippen LogP contribution in [0.5, 0.6) is 0 Å². The molecule has 1 aliphatic rings. The molecule has 2 aromatic rings. The summed E-state index contributed by atoms with van der Waals surface area (Å²) < 4.78 is 0. The normalized spacial score (nSPS) is 13.0. The van der Waals surface area contributed by atoms with Gasteiger partial charge in [-0.3, -0.25) is 10.0 Å². The molecule has 4 nitrogen and oxygen atoms in total. The molecule has 0 atom stereocenters. The van der Waals surface area contributed by atoms with Crippen molar-refractivity contribution in [1.29, 1.82) is 0 Å². The Bertz CT molecular complexity index is 652. The molecule has 1 amide bonds. The van der Waals surface area contributed by atoms with E-state index in [1.54, 1.807) is 5.48 Å². The van der Waals surface area contributed by atoms with Gasteiger partial charge in [-0.2, -0.15) is 0 Å². The number of nitrogens with one attached hydrogen (secondary N) is 1. The van der Waals surface area contributed by atoms with E-state index in [2.05, 4.69) is 53.4 Å². The second kappa shape index (κ2) is 7.97. The summed E-state index contributed by atoms with van der Waals surface area (Å²) in [4.78, 5) is 13.5. The van der Waals surface area contributed by atoms with Crippen LogP contribution in [-0.2, 0) is 17.6 Å². The Kier molecular flexibility index (Phi) is 5.49. The molecule has 0 radical (unpaired) electrons. The lowest BCUT2D eigenvalue weighted by Crippen LogP contribution is -2.20. The molecule has 3 rings (SSSR count). The third-order valence-corrected chi connectivity index (χ3v) is 4.64. The van der Waals surface area contributed by atoms with E-state index in [9.17, 15) is 4.79 Å². The second-order valence-electron chi connectivity index (χ2n) is 6.25. The Morgan fingerprint density at radius 1 is 0.917 bits per heavy atom. The van der Waals surface area contributed by atoms with Crippen molar-refractivity contribution in [3.63, 3.8) is 0 Å². The van der Waals surface area contributed by atoms with Gasteiger partial charge < -0.3 is 4.90 Å². The number of nitrogens with zero attached hydrogens (tertiary/aromatic N) is 1. The molecular formula is C20H24N2O2. The fourth-order valence-corrected chi connectivity index (χ4v) is 3.40. The van der Waals surface area contributed by atoms with Crippen molar-refractivity contribution >= 4 is 17.3 Å². The number of amides is 1. The molecule has 0 bridgehead atoms. The van der Waals surface area contributed by atoms with Gasteiger partial charge in [-0.1, -0.05) is 42.8 Å². The number of hydrogen-bond donors (Lipinski definition) is 2. The Balaban J connectivity index is 1.72. The zero-order valence-electron chi connectivity index (χ0n) is 13.9. The van der Waals surface area contributed by atoms with E-state index in [1.807, 2.05) is 0 Å². The number of rotatable bonds is 6. The van der Waals surface area contributed by atoms with Gasteiger partial charge in [0.05, 0.1) is 0 Å². The highest BCUT2D eigenvalue weighted by Gasteiger charge is 2.19. The minimum absolute atomic E-state index is 0.305. The van der Waals surface area contributed by atoms with Crippen molar-refractivity contribution in [2.75, 3.05) is 11.4 Å². The van der Waals surface area contributed by atoms with Crippen molar-refractivity contribution in [1.82, 2.24) is 5.48 Å². The van der Waals surface area contributed by atoms with E-state index < -0.39 is 0 Å². The number of carbonyl (C=O) groups is 1. The fraction of sp³-hybridized carbons (Fsp3) is 0.350. The summed E-state index contributed by atoms with van der Waals surface area (Å²) in [6.07, 6.45) is 5.30. The predicted molar refractivity (Wildman–Crippen MR) is 95.7 cm³/mol. The number of para-hydroxylation sites is 2. The molecule has 0 aliphatic carbocycles. The molecule has 2 aromatic carbocycles. The van der Waals surface area contributed by atoms with Crippen LogP contribution in [0, 0.1) is 0 Å². The highest BCUT2D eigenvalue weighted by atomic mass is 16.5. The largest absolute Gasteiger partial charge is 0.341 e. The van der Waals surface area contributed by atoms with Crippen molar-refractivity contribution in [3.05, 3.63) is 59.7 Å². The van der Waals surface area contributed by atoms with Crippen molar-refractivity contribution in [3.8, 4) is 0 Å². The summed E-state index contributed by atoms with van der Waals surface area (Å²) in [6, 6.07) is 17.3. The van der Waals surface area contributed by atoms with Crippen LogP contribution in [0.4, 0.5) is 11.4 Å². The SMILES string of the molecule is O=C(CCCCCN1c2ccccc2CCc2ccccc21)NO. The van der Waals surface area contributed by atoms with E-state index in [0.717, 1.165) is 38.6 Å². The maximum absolute atomic E-state index is 11.1. The molecule has 0 fully saturated rings. The smallest absolute Gasteiger partial charge is 0.243 e. The van der Waals surface area contributed by atoms with Gasteiger partial charge in [-0.25, -0.2) is 5.48 Å². The lowest BCUT2D eigenvalue weighted by atomic mass is 10.0. The minimum Gasteiger partial charge on any atom is -0.341 e. The maximum atomic E-state index is 11.1. The van der Waals surface area contributed by atoms with E-state index in [0.29, 0.717) is 6.42 Å². The highest BCUT2D eigenvalue weighted by molar-refractivity contribution is 5.74. The van der Waals surface area contributed by atoms with Gasteiger partial charge in [-0.15, -0.1) is 0 Å². The first kappa shape index (κ1) is 16.5. The summed E-state index contributed by atoms with van der Waals surface area (Å²) in [5.41, 5.74) is 7.09. The number of carbonyl (C=O) groups excluding carboxylic acids is 1. The molecule has 0 spiro atoms. The number of hydrogen-bond acceptors (Lipinski definition) is 3. The molecule has 126 valence electrons. The zero-order valence-corrected chi connectivity index (χ0v) is 13.9. The lowest BCUT2D eigenvalue weighted by Gasteiger charge is -2.27. The molecule has 24 heavy (non-hydrogen) atoms. The molecule has 0 unspecified atom stereocenters. The highest BCUT2D eigenvalue weighted by Crippen LogP contribution is 2.35. The average Bonchev–Trinajstić information content (AvgIpc) is 2.78. The van der Waals surface area contributed by atoms with E-state index in [4.69, 9.17) is 5.21 Å². The standard InChI is InChI=1S/C20H24N2O2/c23-20(21-24)12-2-1-7-15-22-18-10-5-3-8-16(18)13-14-17-9-4-6-11-19(17)22/h3-6,8-11,24H,1-2,7,12-15H2,(H,21,23). The van der Waals surface area contributed by atoms with Crippen LogP contribution >= 0.6 is 0 Å². The van der Waals surface area contributed by atoms with Crippen LogP contribution in [0.15, 0.2) is 48.5 Å². The Labute approximate surface area is 143 Å². The van der Waals surface area contributed by atoms with Crippen LogP contribution in [-0.4, -0.2) is 17.7 Å². The van der Waals surface area contributed by atoms with E-state index in [1.165, 1.54) is 22.5 Å². The van der Waals surface area contributed by atoms with Crippen LogP contribution in [0.2, 0.25) is 0 Å². The summed E-state index contributed by atoms with van der Waals surface area (Å²) in [5, 5.41) is 8.54. The summed E-state index contributed by atoms with van der Waals surface area (Å²) >= 11 is 0. The third-order valence-electron chi connectivity index (χ3n) is 4.64. The molecule has 0 saturated heterocycles. The quantitative estimate of drug-likeness (QED) is 0.480.